The molecule has 3 N–H and O–H groups in total. The van der Waals surface area contributed by atoms with Gasteiger partial charge in [-0.25, -0.2) is 0 Å². The third-order valence-corrected chi connectivity index (χ3v) is 6.28. The van der Waals surface area contributed by atoms with Gasteiger partial charge in [-0.3, -0.25) is 4.79 Å². The van der Waals surface area contributed by atoms with Gasteiger partial charge in [-0.1, -0.05) is 62.6 Å². The summed E-state index contributed by atoms with van der Waals surface area (Å²) in [6.07, 6.45) is 8.86. The van der Waals surface area contributed by atoms with E-state index in [9.17, 15) is 20.1 Å². The van der Waals surface area contributed by atoms with Gasteiger partial charge in [0.1, 0.15) is 0 Å². The summed E-state index contributed by atoms with van der Waals surface area (Å²) in [5.74, 6) is -0.444. The summed E-state index contributed by atoms with van der Waals surface area (Å²) in [4.78, 5) is 11.6. The van der Waals surface area contributed by atoms with Gasteiger partial charge in [0.2, 0.25) is 0 Å². The molecule has 0 saturated heterocycles. The highest BCUT2D eigenvalue weighted by Crippen LogP contribution is 2.37. The molecule has 31 heavy (non-hydrogen) atoms. The highest BCUT2D eigenvalue weighted by atomic mass is 16.5. The summed E-state index contributed by atoms with van der Waals surface area (Å²) in [5, 5.41) is 31.3. The molecular formula is C26H40O5. The van der Waals surface area contributed by atoms with Crippen molar-refractivity contribution >= 4 is 5.97 Å². The van der Waals surface area contributed by atoms with Crippen molar-refractivity contribution in [2.45, 2.75) is 89.9 Å². The van der Waals surface area contributed by atoms with Gasteiger partial charge in [-0.15, -0.1) is 0 Å². The number of benzene rings is 1. The zero-order valence-corrected chi connectivity index (χ0v) is 19.1. The number of hydrogen-bond donors (Lipinski definition) is 3. The second kappa shape index (κ2) is 13.7. The number of ether oxygens (including phenoxy) is 1. The average Bonchev–Trinajstić information content (AvgIpc) is 3.00. The van der Waals surface area contributed by atoms with Crippen LogP contribution in [0.1, 0.15) is 69.9 Å². The van der Waals surface area contributed by atoms with Crippen LogP contribution in [0.3, 0.4) is 0 Å². The zero-order valence-electron chi connectivity index (χ0n) is 19.1. The third kappa shape index (κ3) is 8.40. The van der Waals surface area contributed by atoms with E-state index in [1.54, 1.807) is 6.08 Å². The Morgan fingerprint density at radius 3 is 2.58 bits per heavy atom. The molecule has 0 heterocycles. The van der Waals surface area contributed by atoms with Crippen LogP contribution >= 0.6 is 0 Å². The topological polar surface area (TPSA) is 87.0 Å². The van der Waals surface area contributed by atoms with Crippen LogP contribution in [0.2, 0.25) is 0 Å². The van der Waals surface area contributed by atoms with Gasteiger partial charge in [-0.05, 0) is 49.7 Å². The van der Waals surface area contributed by atoms with Gasteiger partial charge in [0.25, 0.3) is 0 Å². The number of aliphatic hydroxyl groups excluding tert-OH is 3. The molecule has 5 heteroatoms. The van der Waals surface area contributed by atoms with Crippen LogP contribution < -0.4 is 0 Å². The first kappa shape index (κ1) is 25.6. The molecule has 1 unspecified atom stereocenters. The van der Waals surface area contributed by atoms with E-state index in [-0.39, 0.29) is 17.8 Å². The molecular weight excluding hydrogens is 392 g/mol. The standard InChI is InChI=1S/C26H40O5/c1-3-5-6-13-21(27)15-16-22-23(25(29)18-24(22)28)17-20-11-8-7-10-19(20)12-9-14-26(30)31-4-2/h7-8,10-11,15-16,21-25,27-29H,3-6,9,12-14,17-18H2,1-2H3/t21-,22-,23?,24-,25+/m0/s1. The molecule has 0 amide bonds. The molecule has 1 aliphatic rings. The fourth-order valence-electron chi connectivity index (χ4n) is 4.53. The van der Waals surface area contributed by atoms with Crippen molar-refractivity contribution in [3.05, 3.63) is 47.5 Å². The minimum atomic E-state index is -0.602. The first-order valence-electron chi connectivity index (χ1n) is 11.9. The lowest BCUT2D eigenvalue weighted by Gasteiger charge is -2.22. The Hall–Kier alpha value is -1.69. The van der Waals surface area contributed by atoms with Gasteiger partial charge in [-0.2, -0.15) is 0 Å². The molecule has 1 aliphatic carbocycles. The van der Waals surface area contributed by atoms with E-state index in [1.807, 2.05) is 25.1 Å². The number of aliphatic hydroxyl groups is 3. The summed E-state index contributed by atoms with van der Waals surface area (Å²) >= 11 is 0. The molecule has 1 saturated carbocycles. The predicted molar refractivity (Wildman–Crippen MR) is 123 cm³/mol. The molecule has 1 aromatic rings. The highest BCUT2D eigenvalue weighted by molar-refractivity contribution is 5.69. The van der Waals surface area contributed by atoms with Crippen LogP contribution in [0.25, 0.3) is 0 Å². The Kier molecular flexibility index (Phi) is 11.3. The van der Waals surface area contributed by atoms with E-state index in [1.165, 1.54) is 5.56 Å². The van der Waals surface area contributed by atoms with E-state index < -0.39 is 18.3 Å². The van der Waals surface area contributed by atoms with E-state index >= 15 is 0 Å². The largest absolute Gasteiger partial charge is 0.466 e. The summed E-state index contributed by atoms with van der Waals surface area (Å²) in [5.41, 5.74) is 2.31. The van der Waals surface area contributed by atoms with E-state index in [2.05, 4.69) is 19.1 Å². The summed E-state index contributed by atoms with van der Waals surface area (Å²) in [6.45, 7) is 4.35. The summed E-state index contributed by atoms with van der Waals surface area (Å²) < 4.78 is 5.01. The quantitative estimate of drug-likeness (QED) is 0.249. The Bertz CT molecular complexity index is 686. The molecule has 0 bridgehead atoms. The Labute approximate surface area is 187 Å². The number of aryl methyl sites for hydroxylation is 1. The number of esters is 1. The van der Waals surface area contributed by atoms with Crippen molar-refractivity contribution in [3.63, 3.8) is 0 Å². The van der Waals surface area contributed by atoms with Crippen LogP contribution in [0.15, 0.2) is 36.4 Å². The number of rotatable bonds is 13. The average molecular weight is 433 g/mol. The molecule has 1 aromatic carbocycles. The van der Waals surface area contributed by atoms with Gasteiger partial charge in [0.05, 0.1) is 24.9 Å². The first-order valence-corrected chi connectivity index (χ1v) is 11.9. The van der Waals surface area contributed by atoms with Gasteiger partial charge in [0, 0.05) is 18.8 Å². The Morgan fingerprint density at radius 1 is 1.13 bits per heavy atom. The fourth-order valence-corrected chi connectivity index (χ4v) is 4.53. The number of unbranched alkanes of at least 4 members (excludes halogenated alkanes) is 2. The lowest BCUT2D eigenvalue weighted by molar-refractivity contribution is -0.143. The number of carbonyl (C=O) groups excluding carboxylic acids is 1. The minimum absolute atomic E-state index is 0.0969. The maximum atomic E-state index is 11.6. The molecule has 0 aromatic heterocycles. The van der Waals surface area contributed by atoms with Crippen molar-refractivity contribution in [2.24, 2.45) is 11.8 Å². The van der Waals surface area contributed by atoms with Crippen LogP contribution in [0.5, 0.6) is 0 Å². The van der Waals surface area contributed by atoms with E-state index in [0.29, 0.717) is 25.9 Å². The SMILES string of the molecule is CCCCC[C@H](O)C=C[C@H]1C(Cc2ccccc2CCCC(=O)OCC)[C@H](O)C[C@@H]1O. The van der Waals surface area contributed by atoms with Crippen LogP contribution in [-0.4, -0.2) is 46.2 Å². The fraction of sp³-hybridized carbons (Fsp3) is 0.654. The lowest BCUT2D eigenvalue weighted by Crippen LogP contribution is -2.23. The maximum Gasteiger partial charge on any atom is 0.305 e. The maximum absolute atomic E-state index is 11.6. The number of hydrogen-bond acceptors (Lipinski definition) is 5. The normalized spacial score (nSPS) is 24.5. The second-order valence-corrected chi connectivity index (χ2v) is 8.69. The molecule has 174 valence electrons. The zero-order chi connectivity index (χ0) is 22.6. The van der Waals surface area contributed by atoms with E-state index in [4.69, 9.17) is 4.74 Å². The first-order chi connectivity index (χ1) is 15.0. The van der Waals surface area contributed by atoms with Crippen LogP contribution in [0.4, 0.5) is 0 Å². The minimum Gasteiger partial charge on any atom is -0.466 e. The molecule has 0 aliphatic heterocycles. The molecule has 0 spiro atoms. The van der Waals surface area contributed by atoms with Gasteiger partial charge >= 0.3 is 5.97 Å². The smallest absolute Gasteiger partial charge is 0.305 e. The van der Waals surface area contributed by atoms with Crippen molar-refractivity contribution in [1.82, 2.24) is 0 Å². The molecule has 1 fully saturated rings. The van der Waals surface area contributed by atoms with Crippen molar-refractivity contribution in [2.75, 3.05) is 6.61 Å². The molecule has 2 rings (SSSR count). The van der Waals surface area contributed by atoms with Crippen molar-refractivity contribution in [1.29, 1.82) is 0 Å². The Morgan fingerprint density at radius 2 is 1.87 bits per heavy atom. The molecule has 0 radical (unpaired) electrons. The third-order valence-electron chi connectivity index (χ3n) is 6.28. The summed E-state index contributed by atoms with van der Waals surface area (Å²) in [7, 11) is 0. The van der Waals surface area contributed by atoms with Crippen LogP contribution in [-0.2, 0) is 22.4 Å². The van der Waals surface area contributed by atoms with E-state index in [0.717, 1.165) is 44.1 Å². The second-order valence-electron chi connectivity index (χ2n) is 8.69. The number of carbonyl (C=O) groups is 1. The Balaban J connectivity index is 2.01. The predicted octanol–water partition coefficient (Wildman–Crippen LogP) is 3.97. The van der Waals surface area contributed by atoms with Crippen molar-refractivity contribution < 1.29 is 24.9 Å². The monoisotopic (exact) mass is 432 g/mol. The van der Waals surface area contributed by atoms with Gasteiger partial charge in [0.15, 0.2) is 0 Å². The molecule has 5 atom stereocenters. The summed E-state index contributed by atoms with van der Waals surface area (Å²) in [6, 6.07) is 8.12. The molecule has 5 nitrogen and oxygen atoms in total. The lowest BCUT2D eigenvalue weighted by atomic mass is 9.85. The highest BCUT2D eigenvalue weighted by Gasteiger charge is 2.40. The van der Waals surface area contributed by atoms with Crippen LogP contribution in [0, 0.1) is 11.8 Å². The van der Waals surface area contributed by atoms with Crippen molar-refractivity contribution in [3.8, 4) is 0 Å². The van der Waals surface area contributed by atoms with Gasteiger partial charge < -0.3 is 20.1 Å².